The maximum Gasteiger partial charge on any atom is 0.158 e. The number of hydrogen-bond donors (Lipinski definition) is 1. The Hall–Kier alpha value is -0.0800. The first-order chi connectivity index (χ1) is 4.99. The van der Waals surface area contributed by atoms with Gasteiger partial charge in [0.05, 0.1) is 5.60 Å². The Morgan fingerprint density at radius 2 is 2.00 bits per heavy atom. The molecule has 0 radical (unpaired) electrons. The third kappa shape index (κ3) is 1.42. The zero-order valence-corrected chi connectivity index (χ0v) is 7.79. The molecule has 11 heavy (non-hydrogen) atoms. The highest BCUT2D eigenvalue weighted by atomic mass is 16.6. The molecule has 0 aromatic rings. The van der Waals surface area contributed by atoms with E-state index in [9.17, 15) is 5.11 Å². The molecule has 1 aliphatic heterocycles. The summed E-state index contributed by atoms with van der Waals surface area (Å²) < 4.78 is 5.42. The van der Waals surface area contributed by atoms with E-state index >= 15 is 0 Å². The van der Waals surface area contributed by atoms with Crippen molar-refractivity contribution in [3.8, 4) is 0 Å². The van der Waals surface area contributed by atoms with Crippen LogP contribution in [0.15, 0.2) is 0 Å². The highest BCUT2D eigenvalue weighted by Crippen LogP contribution is 2.40. The Balaban J connectivity index is 2.73. The van der Waals surface area contributed by atoms with E-state index < -0.39 is 6.29 Å². The molecule has 0 spiro atoms. The smallest absolute Gasteiger partial charge is 0.158 e. The number of rotatable bonds is 1. The summed E-state index contributed by atoms with van der Waals surface area (Å²) in [7, 11) is 0. The van der Waals surface area contributed by atoms with Crippen LogP contribution in [0, 0.1) is 11.8 Å². The lowest BCUT2D eigenvalue weighted by Gasteiger charge is -2.25. The molecular formula is C9H18O2. The van der Waals surface area contributed by atoms with Crippen LogP contribution in [-0.2, 0) is 4.74 Å². The summed E-state index contributed by atoms with van der Waals surface area (Å²) in [6, 6.07) is 0. The molecule has 0 aromatic heterocycles. The second-order valence-electron chi connectivity index (χ2n) is 3.99. The summed E-state index contributed by atoms with van der Waals surface area (Å²) in [6.07, 6.45) is 0.514. The predicted molar refractivity (Wildman–Crippen MR) is 44.1 cm³/mol. The monoisotopic (exact) mass is 158 g/mol. The van der Waals surface area contributed by atoms with Gasteiger partial charge in [0.15, 0.2) is 6.29 Å². The van der Waals surface area contributed by atoms with Gasteiger partial charge in [0.2, 0.25) is 0 Å². The maximum atomic E-state index is 9.41. The number of hydrogen-bond acceptors (Lipinski definition) is 2. The van der Waals surface area contributed by atoms with E-state index in [0.717, 1.165) is 6.42 Å². The van der Waals surface area contributed by atoms with E-state index in [-0.39, 0.29) is 11.5 Å². The van der Waals surface area contributed by atoms with Crippen LogP contribution in [0.2, 0.25) is 0 Å². The van der Waals surface area contributed by atoms with Crippen LogP contribution in [-0.4, -0.2) is 17.0 Å². The average molecular weight is 158 g/mol. The van der Waals surface area contributed by atoms with Crippen molar-refractivity contribution in [2.24, 2.45) is 11.8 Å². The van der Waals surface area contributed by atoms with Crippen molar-refractivity contribution < 1.29 is 9.84 Å². The van der Waals surface area contributed by atoms with Crippen molar-refractivity contribution in [1.82, 2.24) is 0 Å². The van der Waals surface area contributed by atoms with Crippen LogP contribution in [0.3, 0.4) is 0 Å². The van der Waals surface area contributed by atoms with E-state index in [2.05, 4.69) is 6.92 Å². The predicted octanol–water partition coefficient (Wildman–Crippen LogP) is 1.78. The van der Waals surface area contributed by atoms with Gasteiger partial charge in [-0.3, -0.25) is 0 Å². The van der Waals surface area contributed by atoms with Gasteiger partial charge in [-0.2, -0.15) is 0 Å². The molecule has 2 nitrogen and oxygen atoms in total. The topological polar surface area (TPSA) is 29.5 Å². The molecule has 1 fully saturated rings. The third-order valence-corrected chi connectivity index (χ3v) is 2.84. The van der Waals surface area contributed by atoms with Gasteiger partial charge in [-0.15, -0.1) is 0 Å². The lowest BCUT2D eigenvalue weighted by Crippen LogP contribution is -2.28. The molecule has 0 saturated carbocycles. The minimum Gasteiger partial charge on any atom is -0.368 e. The molecule has 1 heterocycles. The van der Waals surface area contributed by atoms with Crippen molar-refractivity contribution in [2.45, 2.75) is 46.0 Å². The Kier molecular flexibility index (Phi) is 2.26. The second kappa shape index (κ2) is 2.76. The van der Waals surface area contributed by atoms with Crippen molar-refractivity contribution in [2.75, 3.05) is 0 Å². The van der Waals surface area contributed by atoms with Crippen molar-refractivity contribution in [1.29, 1.82) is 0 Å². The van der Waals surface area contributed by atoms with Gasteiger partial charge in [-0.25, -0.2) is 0 Å². The molecule has 0 amide bonds. The lowest BCUT2D eigenvalue weighted by atomic mass is 9.82. The van der Waals surface area contributed by atoms with E-state index in [1.165, 1.54) is 0 Å². The van der Waals surface area contributed by atoms with Crippen LogP contribution in [0.5, 0.6) is 0 Å². The van der Waals surface area contributed by atoms with Crippen molar-refractivity contribution in [3.05, 3.63) is 0 Å². The third-order valence-electron chi connectivity index (χ3n) is 2.84. The maximum absolute atomic E-state index is 9.41. The minimum atomic E-state index is -0.560. The molecule has 0 aromatic carbocycles. The molecule has 1 N–H and O–H groups in total. The Morgan fingerprint density at radius 1 is 1.45 bits per heavy atom. The van der Waals surface area contributed by atoms with E-state index in [0.29, 0.717) is 5.92 Å². The van der Waals surface area contributed by atoms with E-state index in [1.54, 1.807) is 0 Å². The molecular weight excluding hydrogens is 140 g/mol. The van der Waals surface area contributed by atoms with Gasteiger partial charge in [0.25, 0.3) is 0 Å². The zero-order chi connectivity index (χ0) is 8.65. The summed E-state index contributed by atoms with van der Waals surface area (Å²) in [5.41, 5.74) is -0.145. The number of aliphatic hydroxyl groups is 1. The SMILES string of the molecule is CCC1C(C)C(O)OC1(C)C. The highest BCUT2D eigenvalue weighted by molar-refractivity contribution is 4.89. The van der Waals surface area contributed by atoms with Gasteiger partial charge in [0, 0.05) is 5.92 Å². The average Bonchev–Trinajstić information content (AvgIpc) is 2.03. The van der Waals surface area contributed by atoms with Crippen molar-refractivity contribution in [3.63, 3.8) is 0 Å². The molecule has 1 aliphatic rings. The zero-order valence-electron chi connectivity index (χ0n) is 7.79. The second-order valence-corrected chi connectivity index (χ2v) is 3.99. The van der Waals surface area contributed by atoms with Crippen LogP contribution in [0.4, 0.5) is 0 Å². The summed E-state index contributed by atoms with van der Waals surface area (Å²) in [5, 5.41) is 9.41. The summed E-state index contributed by atoms with van der Waals surface area (Å²) in [4.78, 5) is 0. The van der Waals surface area contributed by atoms with Crippen LogP contribution in [0.25, 0.3) is 0 Å². The summed E-state index contributed by atoms with van der Waals surface area (Å²) in [6.45, 7) is 8.29. The molecule has 3 unspecified atom stereocenters. The molecule has 0 bridgehead atoms. The standard InChI is InChI=1S/C9H18O2/c1-5-7-6(2)8(10)11-9(7,3)4/h6-8,10H,5H2,1-4H3. The Bertz CT molecular complexity index is 142. The minimum absolute atomic E-state index is 0.145. The molecule has 0 aliphatic carbocycles. The lowest BCUT2D eigenvalue weighted by molar-refractivity contribution is -0.136. The van der Waals surface area contributed by atoms with Gasteiger partial charge < -0.3 is 9.84 Å². The quantitative estimate of drug-likeness (QED) is 0.630. The first-order valence-corrected chi connectivity index (χ1v) is 4.35. The van der Waals surface area contributed by atoms with Crippen LogP contribution in [0.1, 0.15) is 34.1 Å². The highest BCUT2D eigenvalue weighted by Gasteiger charge is 2.45. The molecule has 66 valence electrons. The Labute approximate surface area is 68.6 Å². The molecule has 2 heteroatoms. The van der Waals surface area contributed by atoms with Crippen LogP contribution >= 0.6 is 0 Å². The number of aliphatic hydroxyl groups excluding tert-OH is 1. The number of ether oxygens (including phenoxy) is 1. The van der Waals surface area contributed by atoms with E-state index in [1.807, 2.05) is 20.8 Å². The fraction of sp³-hybridized carbons (Fsp3) is 1.00. The van der Waals surface area contributed by atoms with Gasteiger partial charge in [0.1, 0.15) is 0 Å². The normalized spacial score (nSPS) is 42.8. The Morgan fingerprint density at radius 3 is 2.18 bits per heavy atom. The van der Waals surface area contributed by atoms with Gasteiger partial charge in [-0.05, 0) is 19.8 Å². The van der Waals surface area contributed by atoms with Gasteiger partial charge in [-0.1, -0.05) is 20.3 Å². The van der Waals surface area contributed by atoms with Crippen molar-refractivity contribution >= 4 is 0 Å². The molecule has 1 saturated heterocycles. The fourth-order valence-electron chi connectivity index (χ4n) is 2.20. The van der Waals surface area contributed by atoms with E-state index in [4.69, 9.17) is 4.74 Å². The first kappa shape index (κ1) is 9.01. The first-order valence-electron chi connectivity index (χ1n) is 4.35. The van der Waals surface area contributed by atoms with Crippen LogP contribution < -0.4 is 0 Å². The molecule has 3 atom stereocenters. The summed E-state index contributed by atoms with van der Waals surface area (Å²) in [5.74, 6) is 0.757. The summed E-state index contributed by atoms with van der Waals surface area (Å²) >= 11 is 0. The molecule has 1 rings (SSSR count). The fourth-order valence-corrected chi connectivity index (χ4v) is 2.20. The van der Waals surface area contributed by atoms with Gasteiger partial charge >= 0.3 is 0 Å². The largest absolute Gasteiger partial charge is 0.368 e.